The van der Waals surface area contributed by atoms with Gasteiger partial charge in [-0.15, -0.1) is 0 Å². The molecule has 0 saturated heterocycles. The monoisotopic (exact) mass is 266 g/mol. The average Bonchev–Trinajstić information content (AvgIpc) is 2.68. The first kappa shape index (κ1) is 12.6. The number of hydrogen-bond donors (Lipinski definition) is 0. The molecular formula is C13H11ClO4. The number of rotatable bonds is 3. The number of carbonyl (C=O) groups excluding carboxylic acids is 2. The lowest BCUT2D eigenvalue weighted by atomic mass is 10.1. The highest BCUT2D eigenvalue weighted by molar-refractivity contribution is 6.31. The van der Waals surface area contributed by atoms with Crippen molar-refractivity contribution in [2.75, 3.05) is 6.61 Å². The molecule has 2 rings (SSSR count). The van der Waals surface area contributed by atoms with Gasteiger partial charge >= 0.3 is 11.9 Å². The summed E-state index contributed by atoms with van der Waals surface area (Å²) in [6, 6.07) is 6.93. The maximum atomic E-state index is 11.7. The van der Waals surface area contributed by atoms with E-state index in [2.05, 4.69) is 0 Å². The van der Waals surface area contributed by atoms with Gasteiger partial charge in [0, 0.05) is 11.9 Å². The van der Waals surface area contributed by atoms with Gasteiger partial charge in [0.1, 0.15) is 6.61 Å². The van der Waals surface area contributed by atoms with Gasteiger partial charge in [0.15, 0.2) is 6.10 Å². The molecule has 1 aliphatic rings. The summed E-state index contributed by atoms with van der Waals surface area (Å²) in [7, 11) is 0. The Kier molecular flexibility index (Phi) is 3.67. The molecule has 0 fully saturated rings. The van der Waals surface area contributed by atoms with E-state index < -0.39 is 18.0 Å². The maximum absolute atomic E-state index is 11.7. The second-order valence-electron chi connectivity index (χ2n) is 3.84. The minimum Gasteiger partial charge on any atom is -0.462 e. The van der Waals surface area contributed by atoms with Gasteiger partial charge in [0.05, 0.1) is 5.57 Å². The largest absolute Gasteiger partial charge is 0.462 e. The van der Waals surface area contributed by atoms with E-state index in [4.69, 9.17) is 21.1 Å². The average molecular weight is 267 g/mol. The van der Waals surface area contributed by atoms with Gasteiger partial charge in [-0.1, -0.05) is 23.7 Å². The summed E-state index contributed by atoms with van der Waals surface area (Å²) in [5.41, 5.74) is 1.13. The molecule has 1 aromatic rings. The second-order valence-corrected chi connectivity index (χ2v) is 4.27. The number of ether oxygens (including phenoxy) is 2. The van der Waals surface area contributed by atoms with E-state index in [1.54, 1.807) is 30.3 Å². The molecule has 1 aromatic carbocycles. The zero-order valence-corrected chi connectivity index (χ0v) is 10.4. The van der Waals surface area contributed by atoms with Crippen LogP contribution in [0, 0.1) is 0 Å². The first-order valence-electron chi connectivity index (χ1n) is 5.38. The zero-order valence-electron chi connectivity index (χ0n) is 9.68. The molecular weight excluding hydrogens is 256 g/mol. The molecule has 0 radical (unpaired) electrons. The van der Waals surface area contributed by atoms with Crippen LogP contribution in [0.2, 0.25) is 5.02 Å². The molecule has 18 heavy (non-hydrogen) atoms. The summed E-state index contributed by atoms with van der Waals surface area (Å²) in [6.45, 7) is 1.34. The van der Waals surface area contributed by atoms with Crippen LogP contribution in [0.4, 0.5) is 0 Å². The quantitative estimate of drug-likeness (QED) is 0.787. The van der Waals surface area contributed by atoms with Gasteiger partial charge in [0.25, 0.3) is 0 Å². The Morgan fingerprint density at radius 2 is 2.28 bits per heavy atom. The predicted molar refractivity (Wildman–Crippen MR) is 65.9 cm³/mol. The third-order valence-corrected chi connectivity index (χ3v) is 2.65. The molecule has 0 amide bonds. The highest BCUT2D eigenvalue weighted by Crippen LogP contribution is 2.26. The summed E-state index contributed by atoms with van der Waals surface area (Å²) in [4.78, 5) is 22.3. The standard InChI is InChI=1S/C13H11ClO4/c1-8(15)17-7-11-6-12(13(16)18-11)9-3-2-4-10(14)5-9/h2-6,11H,7H2,1H3/t11-/m1/s1. The number of halogens is 1. The molecule has 0 unspecified atom stereocenters. The van der Waals surface area contributed by atoms with Crippen LogP contribution in [0.5, 0.6) is 0 Å². The van der Waals surface area contributed by atoms with Crippen molar-refractivity contribution in [3.05, 3.63) is 40.9 Å². The highest BCUT2D eigenvalue weighted by Gasteiger charge is 2.27. The van der Waals surface area contributed by atoms with Gasteiger partial charge in [-0.2, -0.15) is 0 Å². The Balaban J connectivity index is 2.15. The van der Waals surface area contributed by atoms with Crippen LogP contribution in [0.1, 0.15) is 12.5 Å². The van der Waals surface area contributed by atoms with Crippen molar-refractivity contribution in [3.8, 4) is 0 Å². The van der Waals surface area contributed by atoms with Crippen molar-refractivity contribution in [3.63, 3.8) is 0 Å². The summed E-state index contributed by atoms with van der Waals surface area (Å²) < 4.78 is 9.86. The zero-order chi connectivity index (χ0) is 13.1. The topological polar surface area (TPSA) is 52.6 Å². The first-order chi connectivity index (χ1) is 8.56. The Hall–Kier alpha value is -1.81. The molecule has 0 bridgehead atoms. The van der Waals surface area contributed by atoms with Crippen LogP contribution in [-0.4, -0.2) is 24.6 Å². The maximum Gasteiger partial charge on any atom is 0.339 e. The van der Waals surface area contributed by atoms with Crippen LogP contribution < -0.4 is 0 Å². The Morgan fingerprint density at radius 3 is 2.94 bits per heavy atom. The number of cyclic esters (lactones) is 1. The van der Waals surface area contributed by atoms with Crippen molar-refractivity contribution < 1.29 is 19.1 Å². The smallest absolute Gasteiger partial charge is 0.339 e. The molecule has 0 aliphatic carbocycles. The number of carbonyl (C=O) groups is 2. The molecule has 0 spiro atoms. The number of esters is 2. The number of hydrogen-bond acceptors (Lipinski definition) is 4. The minimum atomic E-state index is -0.532. The van der Waals surface area contributed by atoms with E-state index >= 15 is 0 Å². The van der Waals surface area contributed by atoms with Gasteiger partial charge in [0.2, 0.25) is 0 Å². The van der Waals surface area contributed by atoms with Crippen molar-refractivity contribution in [1.29, 1.82) is 0 Å². The summed E-state index contributed by atoms with van der Waals surface area (Å²) >= 11 is 5.86. The molecule has 0 aromatic heterocycles. The molecule has 0 N–H and O–H groups in total. The lowest BCUT2D eigenvalue weighted by Gasteiger charge is -2.06. The molecule has 94 valence electrons. The third-order valence-electron chi connectivity index (χ3n) is 2.42. The third kappa shape index (κ3) is 2.90. The molecule has 5 heteroatoms. The predicted octanol–water partition coefficient (Wildman–Crippen LogP) is 2.21. The summed E-state index contributed by atoms with van der Waals surface area (Å²) in [6.07, 6.45) is 1.10. The fourth-order valence-corrected chi connectivity index (χ4v) is 1.83. The Labute approximate surface area is 109 Å². The van der Waals surface area contributed by atoms with Gasteiger partial charge in [-0.05, 0) is 23.8 Å². The lowest BCUT2D eigenvalue weighted by Crippen LogP contribution is -2.17. The van der Waals surface area contributed by atoms with Crippen LogP contribution in [0.25, 0.3) is 5.57 Å². The van der Waals surface area contributed by atoms with Crippen LogP contribution in [0.3, 0.4) is 0 Å². The molecule has 1 aliphatic heterocycles. The SMILES string of the molecule is CC(=O)OC[C@H]1C=C(c2cccc(Cl)c2)C(=O)O1. The van der Waals surface area contributed by atoms with Crippen LogP contribution in [-0.2, 0) is 19.1 Å². The number of benzene rings is 1. The van der Waals surface area contributed by atoms with E-state index in [0.29, 0.717) is 16.2 Å². The fourth-order valence-electron chi connectivity index (χ4n) is 1.64. The van der Waals surface area contributed by atoms with Crippen molar-refractivity contribution in [2.45, 2.75) is 13.0 Å². The first-order valence-corrected chi connectivity index (χ1v) is 5.76. The van der Waals surface area contributed by atoms with Gasteiger partial charge in [-0.3, -0.25) is 4.79 Å². The van der Waals surface area contributed by atoms with E-state index in [0.717, 1.165) is 0 Å². The Bertz CT molecular complexity index is 521. The van der Waals surface area contributed by atoms with Crippen LogP contribution >= 0.6 is 11.6 Å². The van der Waals surface area contributed by atoms with E-state index in [9.17, 15) is 9.59 Å². The van der Waals surface area contributed by atoms with Crippen molar-refractivity contribution in [2.24, 2.45) is 0 Å². The molecule has 0 saturated carbocycles. The molecule has 4 nitrogen and oxygen atoms in total. The molecule has 1 atom stereocenters. The molecule has 1 heterocycles. The summed E-state index contributed by atoms with van der Waals surface area (Å²) in [5, 5.41) is 0.546. The minimum absolute atomic E-state index is 0.0329. The van der Waals surface area contributed by atoms with E-state index in [1.165, 1.54) is 6.92 Å². The highest BCUT2D eigenvalue weighted by atomic mass is 35.5. The lowest BCUT2D eigenvalue weighted by molar-refractivity contribution is -0.149. The van der Waals surface area contributed by atoms with Gasteiger partial charge < -0.3 is 9.47 Å². The summed E-state index contributed by atoms with van der Waals surface area (Å²) in [5.74, 6) is -0.843. The van der Waals surface area contributed by atoms with Crippen molar-refractivity contribution >= 4 is 29.1 Å². The normalized spacial score (nSPS) is 18.2. The fraction of sp³-hybridized carbons (Fsp3) is 0.231. The van der Waals surface area contributed by atoms with Crippen molar-refractivity contribution in [1.82, 2.24) is 0 Å². The van der Waals surface area contributed by atoms with Crippen LogP contribution in [0.15, 0.2) is 30.3 Å². The van der Waals surface area contributed by atoms with Gasteiger partial charge in [-0.25, -0.2) is 4.79 Å². The Morgan fingerprint density at radius 1 is 1.50 bits per heavy atom. The van der Waals surface area contributed by atoms with E-state index in [1.807, 2.05) is 0 Å². The second kappa shape index (κ2) is 5.23. The van der Waals surface area contributed by atoms with E-state index in [-0.39, 0.29) is 6.61 Å².